The van der Waals surface area contributed by atoms with E-state index >= 15 is 0 Å². The first-order valence-electron chi connectivity index (χ1n) is 7.15. The number of fused-ring (bicyclic) bond motifs is 3. The van der Waals surface area contributed by atoms with Crippen molar-refractivity contribution in [3.8, 4) is 0 Å². The van der Waals surface area contributed by atoms with Crippen LogP contribution in [-0.4, -0.2) is 39.3 Å². The zero-order chi connectivity index (χ0) is 16.6. The second kappa shape index (κ2) is 6.02. The Kier molecular flexibility index (Phi) is 4.06. The number of aryl methyl sites for hydroxylation is 1. The number of hydrogen-bond donors (Lipinski definition) is 3. The number of aliphatic carboxylic acids is 1. The summed E-state index contributed by atoms with van der Waals surface area (Å²) >= 11 is 1.39. The predicted molar refractivity (Wildman–Crippen MR) is 88.9 cm³/mol. The highest BCUT2D eigenvalue weighted by Crippen LogP contribution is 2.34. The predicted octanol–water partition coefficient (Wildman–Crippen LogP) is 1.96. The van der Waals surface area contributed by atoms with Gasteiger partial charge in [0.1, 0.15) is 4.83 Å². The Hall–Kier alpha value is -2.38. The van der Waals surface area contributed by atoms with E-state index < -0.39 is 12.1 Å². The van der Waals surface area contributed by atoms with Crippen molar-refractivity contribution in [1.29, 1.82) is 0 Å². The zero-order valence-electron chi connectivity index (χ0n) is 12.4. The normalized spacial score (nSPS) is 12.6. The number of nitrogens with one attached hydrogen (secondary N) is 1. The highest BCUT2D eigenvalue weighted by molar-refractivity contribution is 7.20. The molecule has 1 aromatic carbocycles. The highest BCUT2D eigenvalue weighted by atomic mass is 32.1. The summed E-state index contributed by atoms with van der Waals surface area (Å²) in [5, 5.41) is 22.6. The maximum atomic E-state index is 12.2. The van der Waals surface area contributed by atoms with Crippen LogP contribution in [0.5, 0.6) is 0 Å². The third-order valence-electron chi connectivity index (χ3n) is 3.78. The summed E-state index contributed by atoms with van der Waals surface area (Å²) in [5.41, 5.74) is 1.12. The Balaban J connectivity index is 1.79. The van der Waals surface area contributed by atoms with Crippen molar-refractivity contribution < 1.29 is 19.8 Å². The van der Waals surface area contributed by atoms with Crippen LogP contribution in [0.1, 0.15) is 16.1 Å². The van der Waals surface area contributed by atoms with Crippen LogP contribution >= 0.6 is 11.3 Å². The largest absolute Gasteiger partial charge is 0.479 e. The minimum absolute atomic E-state index is 0.0189. The number of aliphatic hydroxyl groups is 1. The van der Waals surface area contributed by atoms with E-state index in [2.05, 4.69) is 9.88 Å². The van der Waals surface area contributed by atoms with Gasteiger partial charge >= 0.3 is 5.97 Å². The number of carboxylic acids is 1. The molecule has 7 heteroatoms. The van der Waals surface area contributed by atoms with Gasteiger partial charge in [0.25, 0.3) is 5.91 Å². The average Bonchev–Trinajstić information content (AvgIpc) is 3.08. The summed E-state index contributed by atoms with van der Waals surface area (Å²) in [6.07, 6.45) is -1.48. The van der Waals surface area contributed by atoms with Gasteiger partial charge in [-0.3, -0.25) is 4.79 Å². The molecule has 3 rings (SSSR count). The summed E-state index contributed by atoms with van der Waals surface area (Å²) in [4.78, 5) is 24.3. The molecule has 0 unspecified atom stereocenters. The lowest BCUT2D eigenvalue weighted by Gasteiger charge is -2.06. The van der Waals surface area contributed by atoms with E-state index in [0.717, 1.165) is 21.1 Å². The number of carboxylic acid groups (broad SMARTS) is 1. The van der Waals surface area contributed by atoms with E-state index in [4.69, 9.17) is 5.11 Å². The molecular weight excluding hydrogens is 316 g/mol. The Labute approximate surface area is 136 Å². The number of carbonyl (C=O) groups excluding carboxylic acids is 1. The SMILES string of the molecule is Cn1c2ccccc2c2cc(C(=O)NCC[C@H](O)C(=O)O)sc21. The summed E-state index contributed by atoms with van der Waals surface area (Å²) in [7, 11) is 1.96. The first-order valence-corrected chi connectivity index (χ1v) is 7.96. The van der Waals surface area contributed by atoms with E-state index in [1.807, 2.05) is 37.4 Å². The minimum atomic E-state index is -1.46. The smallest absolute Gasteiger partial charge is 0.332 e. The fraction of sp³-hybridized carbons (Fsp3) is 0.250. The lowest BCUT2D eigenvalue weighted by Crippen LogP contribution is -2.29. The van der Waals surface area contributed by atoms with Crippen LogP contribution in [0.15, 0.2) is 30.3 Å². The summed E-state index contributed by atoms with van der Waals surface area (Å²) in [5.74, 6) is -1.54. The van der Waals surface area contributed by atoms with E-state index in [1.165, 1.54) is 11.3 Å². The van der Waals surface area contributed by atoms with Crippen molar-refractivity contribution in [3.05, 3.63) is 35.2 Å². The molecule has 0 fully saturated rings. The number of aromatic nitrogens is 1. The molecule has 1 atom stereocenters. The first kappa shape index (κ1) is 15.5. The Morgan fingerprint density at radius 3 is 2.78 bits per heavy atom. The highest BCUT2D eigenvalue weighted by Gasteiger charge is 2.17. The Morgan fingerprint density at radius 1 is 1.30 bits per heavy atom. The maximum Gasteiger partial charge on any atom is 0.332 e. The number of para-hydroxylation sites is 1. The number of rotatable bonds is 5. The molecule has 1 amide bonds. The second-order valence-corrected chi connectivity index (χ2v) is 6.33. The fourth-order valence-electron chi connectivity index (χ4n) is 2.57. The molecular formula is C16H16N2O4S. The van der Waals surface area contributed by atoms with Gasteiger partial charge in [-0.1, -0.05) is 18.2 Å². The van der Waals surface area contributed by atoms with Crippen LogP contribution in [0.3, 0.4) is 0 Å². The van der Waals surface area contributed by atoms with Gasteiger partial charge < -0.3 is 20.1 Å². The van der Waals surface area contributed by atoms with Crippen molar-refractivity contribution in [2.45, 2.75) is 12.5 Å². The molecule has 23 heavy (non-hydrogen) atoms. The molecule has 0 bridgehead atoms. The number of aliphatic hydroxyl groups excluding tert-OH is 1. The molecule has 3 aromatic rings. The van der Waals surface area contributed by atoms with Crippen LogP contribution in [0, 0.1) is 0 Å². The molecule has 2 heterocycles. The lowest BCUT2D eigenvalue weighted by atomic mass is 10.2. The summed E-state index contributed by atoms with van der Waals surface area (Å²) in [6.45, 7) is 0.112. The summed E-state index contributed by atoms with van der Waals surface area (Å²) in [6, 6.07) is 9.86. The monoisotopic (exact) mass is 332 g/mol. The Morgan fingerprint density at radius 2 is 2.04 bits per heavy atom. The number of nitrogens with zero attached hydrogens (tertiary/aromatic N) is 1. The van der Waals surface area contributed by atoms with E-state index in [9.17, 15) is 14.7 Å². The van der Waals surface area contributed by atoms with Gasteiger partial charge in [0.05, 0.1) is 4.88 Å². The third kappa shape index (κ3) is 2.80. The molecule has 0 saturated heterocycles. The van der Waals surface area contributed by atoms with Crippen LogP contribution < -0.4 is 5.32 Å². The number of benzene rings is 1. The quantitative estimate of drug-likeness (QED) is 0.666. The second-order valence-electron chi connectivity index (χ2n) is 5.30. The number of hydrogen-bond acceptors (Lipinski definition) is 4. The molecule has 0 radical (unpaired) electrons. The minimum Gasteiger partial charge on any atom is -0.479 e. The number of amides is 1. The van der Waals surface area contributed by atoms with Crippen LogP contribution in [-0.2, 0) is 11.8 Å². The standard InChI is InChI=1S/C16H16N2O4S/c1-18-11-5-3-2-4-9(11)10-8-13(23-15(10)18)14(20)17-7-6-12(19)16(21)22/h2-5,8,12,19H,6-7H2,1H3,(H,17,20)(H,21,22)/t12-/m0/s1. The third-order valence-corrected chi connectivity index (χ3v) is 5.00. The molecule has 0 aliphatic rings. The van der Waals surface area contributed by atoms with Crippen LogP contribution in [0.2, 0.25) is 0 Å². The summed E-state index contributed by atoms with van der Waals surface area (Å²) < 4.78 is 2.06. The van der Waals surface area contributed by atoms with Gasteiger partial charge in [-0.05, 0) is 12.1 Å². The number of thiophene rings is 1. The molecule has 6 nitrogen and oxygen atoms in total. The van der Waals surface area contributed by atoms with Gasteiger partial charge in [0.2, 0.25) is 0 Å². The molecule has 0 aliphatic heterocycles. The average molecular weight is 332 g/mol. The maximum absolute atomic E-state index is 12.2. The van der Waals surface area contributed by atoms with Gasteiger partial charge in [-0.15, -0.1) is 11.3 Å². The van der Waals surface area contributed by atoms with Crippen molar-refractivity contribution >= 4 is 44.3 Å². The molecule has 3 N–H and O–H groups in total. The molecule has 120 valence electrons. The number of carbonyl (C=O) groups is 2. The van der Waals surface area contributed by atoms with Gasteiger partial charge in [-0.2, -0.15) is 0 Å². The van der Waals surface area contributed by atoms with Gasteiger partial charge in [-0.25, -0.2) is 4.79 Å². The van der Waals surface area contributed by atoms with Crippen LogP contribution in [0.4, 0.5) is 0 Å². The van der Waals surface area contributed by atoms with E-state index in [1.54, 1.807) is 0 Å². The van der Waals surface area contributed by atoms with Crippen LogP contribution in [0.25, 0.3) is 21.1 Å². The topological polar surface area (TPSA) is 91.6 Å². The Bertz CT molecular complexity index is 896. The molecule has 0 saturated carbocycles. The fourth-order valence-corrected chi connectivity index (χ4v) is 3.64. The van der Waals surface area contributed by atoms with Crippen molar-refractivity contribution in [3.63, 3.8) is 0 Å². The van der Waals surface area contributed by atoms with Gasteiger partial charge in [0, 0.05) is 36.3 Å². The van der Waals surface area contributed by atoms with Crippen molar-refractivity contribution in [2.75, 3.05) is 6.54 Å². The zero-order valence-corrected chi connectivity index (χ0v) is 13.3. The van der Waals surface area contributed by atoms with Crippen molar-refractivity contribution in [2.24, 2.45) is 7.05 Å². The molecule has 2 aromatic heterocycles. The first-order chi connectivity index (χ1) is 11.0. The molecule has 0 spiro atoms. The lowest BCUT2D eigenvalue weighted by molar-refractivity contribution is -0.146. The molecule has 0 aliphatic carbocycles. The van der Waals surface area contributed by atoms with Crippen molar-refractivity contribution in [1.82, 2.24) is 9.88 Å². The van der Waals surface area contributed by atoms with Gasteiger partial charge in [0.15, 0.2) is 6.10 Å². The van der Waals surface area contributed by atoms with E-state index in [0.29, 0.717) is 4.88 Å². The van der Waals surface area contributed by atoms with E-state index in [-0.39, 0.29) is 18.9 Å².